The van der Waals surface area contributed by atoms with Crippen LogP contribution in [0.1, 0.15) is 5.56 Å². The van der Waals surface area contributed by atoms with E-state index in [1.54, 1.807) is 30.5 Å². The maximum atomic E-state index is 12.5. The van der Waals surface area contributed by atoms with Gasteiger partial charge >= 0.3 is 0 Å². The van der Waals surface area contributed by atoms with E-state index in [0.29, 0.717) is 0 Å². The number of benzene rings is 4. The van der Waals surface area contributed by atoms with Gasteiger partial charge in [-0.25, -0.2) is 5.43 Å². The van der Waals surface area contributed by atoms with Crippen molar-refractivity contribution in [1.82, 2.24) is 9.99 Å². The number of hydrogen-bond acceptors (Lipinski definition) is 7. The zero-order valence-electron chi connectivity index (χ0n) is 22.0. The summed E-state index contributed by atoms with van der Waals surface area (Å²) in [4.78, 5) is 34.5. The highest BCUT2D eigenvalue weighted by atomic mass is 32.2. The molecule has 0 atom stereocenters. The monoisotopic (exact) mass is 577 g/mol. The van der Waals surface area contributed by atoms with Gasteiger partial charge in [-0.15, -0.1) is 11.8 Å². The molecule has 42 heavy (non-hydrogen) atoms. The molecule has 1 amide bonds. The van der Waals surface area contributed by atoms with Crippen LogP contribution in [0, 0.1) is 20.2 Å². The van der Waals surface area contributed by atoms with E-state index in [1.807, 2.05) is 71.3 Å². The number of carbonyl (C=O) groups is 1. The molecule has 4 aromatic carbocycles. The van der Waals surface area contributed by atoms with Crippen LogP contribution in [0.4, 0.5) is 11.4 Å². The fraction of sp³-hybridized carbons (Fsp3) is 0.0323. The summed E-state index contributed by atoms with van der Waals surface area (Å²) in [5.41, 5.74) is 7.42. The lowest BCUT2D eigenvalue weighted by molar-refractivity contribution is -0.385. The molecule has 0 bridgehead atoms. The third kappa shape index (κ3) is 6.43. The Kier molecular flexibility index (Phi) is 8.50. The predicted molar refractivity (Wildman–Crippen MR) is 163 cm³/mol. The first-order chi connectivity index (χ1) is 20.4. The first-order valence-electron chi connectivity index (χ1n) is 12.7. The maximum absolute atomic E-state index is 12.5. The van der Waals surface area contributed by atoms with Crippen molar-refractivity contribution >= 4 is 35.3 Å². The number of nitro groups is 2. The summed E-state index contributed by atoms with van der Waals surface area (Å²) in [6.45, 7) is 0. The largest absolute Gasteiger partial charge is 0.309 e. The quantitative estimate of drug-likeness (QED) is 0.0833. The molecule has 0 aliphatic rings. The summed E-state index contributed by atoms with van der Waals surface area (Å²) in [5, 5.41) is 26.4. The summed E-state index contributed by atoms with van der Waals surface area (Å²) in [5.74, 6) is -0.270. The first kappa shape index (κ1) is 28.0. The van der Waals surface area contributed by atoms with Gasteiger partial charge in [0.2, 0.25) is 5.91 Å². The lowest BCUT2D eigenvalue weighted by Gasteiger charge is -2.15. The summed E-state index contributed by atoms with van der Waals surface area (Å²) < 4.78 is 2.02. The molecule has 1 aromatic heterocycles. The number of nitrogens with zero attached hydrogens (tertiary/aromatic N) is 4. The number of nitro benzene ring substituents is 2. The molecule has 0 unspecified atom stereocenters. The zero-order valence-corrected chi connectivity index (χ0v) is 22.8. The third-order valence-corrected chi connectivity index (χ3v) is 7.29. The van der Waals surface area contributed by atoms with Crippen molar-refractivity contribution in [3.05, 3.63) is 141 Å². The van der Waals surface area contributed by atoms with E-state index in [0.717, 1.165) is 38.7 Å². The average molecular weight is 578 g/mol. The Bertz CT molecular complexity index is 1750. The second kappa shape index (κ2) is 12.7. The lowest BCUT2D eigenvalue weighted by atomic mass is 10.1. The molecule has 0 saturated heterocycles. The molecule has 5 aromatic rings. The minimum absolute atomic E-state index is 0.00970. The van der Waals surface area contributed by atoms with Crippen LogP contribution in [-0.4, -0.2) is 32.3 Å². The van der Waals surface area contributed by atoms with Crippen molar-refractivity contribution in [2.75, 3.05) is 5.75 Å². The highest BCUT2D eigenvalue weighted by molar-refractivity contribution is 8.00. The fourth-order valence-corrected chi connectivity index (χ4v) is 5.04. The van der Waals surface area contributed by atoms with Crippen LogP contribution in [0.3, 0.4) is 0 Å². The van der Waals surface area contributed by atoms with E-state index in [-0.39, 0.29) is 23.0 Å². The van der Waals surface area contributed by atoms with Gasteiger partial charge in [0.25, 0.3) is 11.4 Å². The van der Waals surface area contributed by atoms with E-state index in [9.17, 15) is 25.0 Å². The Morgan fingerprint density at radius 3 is 1.90 bits per heavy atom. The standard InChI is InChI=1S/C31H23N5O5S/c37-30(21-42-28-17-15-27(16-18-28)36(40)41)33-32-20-24-19-29(22-7-3-1-4-8-22)34(31(24)23-9-5-2-6-10-23)25-11-13-26(14-12-25)35(38)39/h1-20H,21H2,(H,33,37)/b32-20-. The van der Waals surface area contributed by atoms with Gasteiger partial charge in [-0.3, -0.25) is 25.0 Å². The Hall–Kier alpha value is -5.55. The van der Waals surface area contributed by atoms with Gasteiger partial charge in [-0.1, -0.05) is 60.7 Å². The molecule has 1 N–H and O–H groups in total. The van der Waals surface area contributed by atoms with Gasteiger partial charge in [0.1, 0.15) is 0 Å². The number of non-ortho nitro benzene ring substituents is 2. The molecule has 0 radical (unpaired) electrons. The fourth-order valence-electron chi connectivity index (χ4n) is 4.35. The molecular weight excluding hydrogens is 554 g/mol. The van der Waals surface area contributed by atoms with E-state index in [4.69, 9.17) is 0 Å². The van der Waals surface area contributed by atoms with Crippen LogP contribution in [0.25, 0.3) is 28.2 Å². The van der Waals surface area contributed by atoms with Crippen LogP contribution < -0.4 is 5.43 Å². The van der Waals surface area contributed by atoms with Crippen LogP contribution in [0.15, 0.2) is 125 Å². The molecule has 0 aliphatic carbocycles. The second-order valence-corrected chi connectivity index (χ2v) is 10.1. The van der Waals surface area contributed by atoms with Gasteiger partial charge in [-0.05, 0) is 41.5 Å². The molecular formula is C31H23N5O5S. The van der Waals surface area contributed by atoms with Crippen molar-refractivity contribution in [2.24, 2.45) is 5.10 Å². The molecule has 5 rings (SSSR count). The molecule has 11 heteroatoms. The van der Waals surface area contributed by atoms with Crippen molar-refractivity contribution in [3.63, 3.8) is 0 Å². The van der Waals surface area contributed by atoms with Crippen LogP contribution in [0.2, 0.25) is 0 Å². The normalized spacial score (nSPS) is 11.0. The molecule has 10 nitrogen and oxygen atoms in total. The number of amides is 1. The Morgan fingerprint density at radius 2 is 1.33 bits per heavy atom. The predicted octanol–water partition coefficient (Wildman–Crippen LogP) is 6.87. The minimum atomic E-state index is -0.475. The molecule has 0 aliphatic heterocycles. The molecule has 0 fully saturated rings. The van der Waals surface area contributed by atoms with Gasteiger partial charge in [-0.2, -0.15) is 5.10 Å². The van der Waals surface area contributed by atoms with Crippen molar-refractivity contribution in [3.8, 4) is 28.2 Å². The van der Waals surface area contributed by atoms with Crippen LogP contribution in [0.5, 0.6) is 0 Å². The van der Waals surface area contributed by atoms with E-state index in [1.165, 1.54) is 36.0 Å². The van der Waals surface area contributed by atoms with E-state index < -0.39 is 9.85 Å². The summed E-state index contributed by atoms with van der Waals surface area (Å²) in [6.07, 6.45) is 1.57. The molecule has 1 heterocycles. The number of aromatic nitrogens is 1. The van der Waals surface area contributed by atoms with Crippen molar-refractivity contribution in [2.45, 2.75) is 4.90 Å². The van der Waals surface area contributed by atoms with Crippen molar-refractivity contribution in [1.29, 1.82) is 0 Å². The number of carbonyl (C=O) groups excluding carboxylic acids is 1. The SMILES string of the molecule is O=C(CSc1ccc([N+](=O)[O-])cc1)N/N=C\c1cc(-c2ccccc2)n(-c2ccc([N+](=O)[O-])cc2)c1-c1ccccc1. The Balaban J connectivity index is 1.47. The Morgan fingerprint density at radius 1 is 0.786 bits per heavy atom. The number of rotatable bonds is 10. The smallest absolute Gasteiger partial charge is 0.269 e. The molecule has 0 spiro atoms. The second-order valence-electron chi connectivity index (χ2n) is 9.01. The highest BCUT2D eigenvalue weighted by Gasteiger charge is 2.19. The van der Waals surface area contributed by atoms with Crippen LogP contribution in [-0.2, 0) is 4.79 Å². The van der Waals surface area contributed by atoms with Crippen molar-refractivity contribution < 1.29 is 14.6 Å². The molecule has 208 valence electrons. The van der Waals surface area contributed by atoms with Gasteiger partial charge in [0.05, 0.1) is 33.2 Å². The van der Waals surface area contributed by atoms with E-state index >= 15 is 0 Å². The number of hydrazone groups is 1. The van der Waals surface area contributed by atoms with Gasteiger partial charge in [0.15, 0.2) is 0 Å². The third-order valence-electron chi connectivity index (χ3n) is 6.28. The highest BCUT2D eigenvalue weighted by Crippen LogP contribution is 2.35. The average Bonchev–Trinajstić information content (AvgIpc) is 3.40. The number of hydrogen-bond donors (Lipinski definition) is 1. The summed E-state index contributed by atoms with van der Waals surface area (Å²) in [6, 6.07) is 33.7. The summed E-state index contributed by atoms with van der Waals surface area (Å²) in [7, 11) is 0. The topological polar surface area (TPSA) is 133 Å². The Labute approximate surface area is 244 Å². The van der Waals surface area contributed by atoms with E-state index in [2.05, 4.69) is 10.5 Å². The van der Waals surface area contributed by atoms with Crippen LogP contribution >= 0.6 is 11.8 Å². The summed E-state index contributed by atoms with van der Waals surface area (Å²) >= 11 is 1.24. The van der Waals surface area contributed by atoms with Gasteiger partial charge in [0, 0.05) is 40.4 Å². The maximum Gasteiger partial charge on any atom is 0.269 e. The van der Waals surface area contributed by atoms with Gasteiger partial charge < -0.3 is 4.57 Å². The number of thioether (sulfide) groups is 1. The zero-order chi connectivity index (χ0) is 29.5. The lowest BCUT2D eigenvalue weighted by Crippen LogP contribution is -2.19. The molecule has 0 saturated carbocycles. The number of nitrogens with one attached hydrogen (secondary N) is 1. The first-order valence-corrected chi connectivity index (χ1v) is 13.7. The minimum Gasteiger partial charge on any atom is -0.309 e.